The van der Waals surface area contributed by atoms with Gasteiger partial charge in [0.05, 0.1) is 16.7 Å². The van der Waals surface area contributed by atoms with Crippen molar-refractivity contribution in [3.8, 4) is 17.1 Å². The van der Waals surface area contributed by atoms with Crippen LogP contribution in [-0.2, 0) is 0 Å². The van der Waals surface area contributed by atoms with Gasteiger partial charge in [0.15, 0.2) is 5.82 Å². The first-order valence-electron chi connectivity index (χ1n) is 7.02. The Labute approximate surface area is 155 Å². The molecule has 3 aromatic rings. The van der Waals surface area contributed by atoms with Gasteiger partial charge >= 0.3 is 5.69 Å². The van der Waals surface area contributed by atoms with E-state index in [2.05, 4.69) is 15.3 Å². The Balaban J connectivity index is 2.09. The molecule has 132 valence electrons. The van der Waals surface area contributed by atoms with E-state index >= 15 is 0 Å². The first kappa shape index (κ1) is 17.7. The van der Waals surface area contributed by atoms with E-state index in [9.17, 15) is 19.6 Å². The molecule has 0 saturated heterocycles. The summed E-state index contributed by atoms with van der Waals surface area (Å²) < 4.78 is 15.2. The Morgan fingerprint density at radius 1 is 1.42 bits per heavy atom. The number of phenolic OH excluding ortho intramolecular Hbond substituents is 1. The highest BCUT2D eigenvalue weighted by Crippen LogP contribution is 2.32. The molecule has 11 heteroatoms. The molecule has 1 aromatic heterocycles. The molecule has 0 aliphatic heterocycles. The highest BCUT2D eigenvalue weighted by molar-refractivity contribution is 7.71. The Kier molecular flexibility index (Phi) is 4.78. The van der Waals surface area contributed by atoms with Crippen LogP contribution in [-0.4, -0.2) is 31.1 Å². The maximum atomic E-state index is 14.0. The van der Waals surface area contributed by atoms with Gasteiger partial charge < -0.3 is 5.11 Å². The number of aromatic hydroxyl groups is 1. The summed E-state index contributed by atoms with van der Waals surface area (Å²) in [5.41, 5.74) is -0.422. The fraction of sp³-hybridized carbons (Fsp3) is 0. The molecule has 8 nitrogen and oxygen atoms in total. The van der Waals surface area contributed by atoms with Crippen LogP contribution >= 0.6 is 23.8 Å². The number of aromatic nitrogens is 3. The van der Waals surface area contributed by atoms with E-state index in [-0.39, 0.29) is 26.7 Å². The van der Waals surface area contributed by atoms with E-state index in [4.69, 9.17) is 23.8 Å². The van der Waals surface area contributed by atoms with Gasteiger partial charge in [0.2, 0.25) is 10.5 Å². The number of nitro benzene ring substituents is 1. The van der Waals surface area contributed by atoms with Gasteiger partial charge in [-0.1, -0.05) is 23.7 Å². The Morgan fingerprint density at radius 2 is 2.15 bits per heavy atom. The minimum absolute atomic E-state index is 0.00761. The lowest BCUT2D eigenvalue weighted by molar-refractivity contribution is -0.385. The Bertz CT molecular complexity index is 1100. The SMILES string of the molecule is O=[N+]([O-])c1cc(Cl)cc(/C=N\n2c(-c3ccccc3F)n[nH]c2=S)c1O. The second-order valence-corrected chi connectivity index (χ2v) is 5.83. The van der Waals surface area contributed by atoms with Gasteiger partial charge in [-0.2, -0.15) is 14.9 Å². The van der Waals surface area contributed by atoms with E-state index in [1.165, 1.54) is 24.3 Å². The molecule has 26 heavy (non-hydrogen) atoms. The number of aromatic amines is 1. The average molecular weight is 394 g/mol. The zero-order valence-electron chi connectivity index (χ0n) is 12.8. The lowest BCUT2D eigenvalue weighted by Gasteiger charge is -2.03. The zero-order valence-corrected chi connectivity index (χ0v) is 14.3. The summed E-state index contributed by atoms with van der Waals surface area (Å²) in [6.45, 7) is 0. The normalized spacial score (nSPS) is 11.2. The van der Waals surface area contributed by atoms with E-state index in [1.807, 2.05) is 0 Å². The number of hydrogen-bond acceptors (Lipinski definition) is 6. The molecule has 0 atom stereocenters. The molecule has 0 bridgehead atoms. The number of nitro groups is 1. The van der Waals surface area contributed by atoms with Crippen molar-refractivity contribution < 1.29 is 14.4 Å². The molecule has 2 N–H and O–H groups in total. The minimum atomic E-state index is -0.771. The molecule has 0 unspecified atom stereocenters. The molecule has 0 saturated carbocycles. The van der Waals surface area contributed by atoms with Crippen LogP contribution in [0.5, 0.6) is 5.75 Å². The van der Waals surface area contributed by atoms with Crippen molar-refractivity contribution in [3.05, 3.63) is 67.7 Å². The molecule has 0 fully saturated rings. The van der Waals surface area contributed by atoms with Crippen molar-refractivity contribution >= 4 is 35.7 Å². The van der Waals surface area contributed by atoms with E-state index in [0.29, 0.717) is 0 Å². The monoisotopic (exact) mass is 393 g/mol. The van der Waals surface area contributed by atoms with Crippen LogP contribution in [0.3, 0.4) is 0 Å². The predicted octanol–water partition coefficient (Wildman–Crippen LogP) is 3.90. The summed E-state index contributed by atoms with van der Waals surface area (Å²) in [7, 11) is 0. The highest BCUT2D eigenvalue weighted by Gasteiger charge is 2.18. The fourth-order valence-corrected chi connectivity index (χ4v) is 2.58. The van der Waals surface area contributed by atoms with Gasteiger partial charge in [0.1, 0.15) is 5.82 Å². The van der Waals surface area contributed by atoms with Crippen LogP contribution in [0, 0.1) is 20.7 Å². The zero-order chi connectivity index (χ0) is 18.8. The molecule has 0 radical (unpaired) electrons. The lowest BCUT2D eigenvalue weighted by atomic mass is 10.2. The summed E-state index contributed by atoms with van der Waals surface area (Å²) in [4.78, 5) is 10.2. The van der Waals surface area contributed by atoms with Crippen LogP contribution in [0.2, 0.25) is 5.02 Å². The van der Waals surface area contributed by atoms with Crippen molar-refractivity contribution in [1.29, 1.82) is 0 Å². The van der Waals surface area contributed by atoms with E-state index in [0.717, 1.165) is 17.0 Å². The van der Waals surface area contributed by atoms with E-state index < -0.39 is 22.2 Å². The van der Waals surface area contributed by atoms with Crippen LogP contribution in [0.4, 0.5) is 10.1 Å². The summed E-state index contributed by atoms with van der Waals surface area (Å²) in [6, 6.07) is 8.21. The number of hydrogen-bond donors (Lipinski definition) is 2. The van der Waals surface area contributed by atoms with Crippen LogP contribution < -0.4 is 0 Å². The second kappa shape index (κ2) is 7.02. The van der Waals surface area contributed by atoms with Crippen LogP contribution in [0.15, 0.2) is 41.5 Å². The number of rotatable bonds is 4. The van der Waals surface area contributed by atoms with Gasteiger partial charge in [-0.25, -0.2) is 9.49 Å². The summed E-state index contributed by atoms with van der Waals surface area (Å²) >= 11 is 10.9. The third-order valence-corrected chi connectivity index (χ3v) is 3.84. The number of nitrogens with zero attached hydrogens (tertiary/aromatic N) is 4. The smallest absolute Gasteiger partial charge is 0.312 e. The molecule has 0 spiro atoms. The fourth-order valence-electron chi connectivity index (χ4n) is 2.18. The van der Waals surface area contributed by atoms with Crippen LogP contribution in [0.1, 0.15) is 5.56 Å². The molecule has 0 aliphatic rings. The molecule has 0 aliphatic carbocycles. The molecular formula is C15H9ClFN5O3S. The van der Waals surface area contributed by atoms with Crippen molar-refractivity contribution in [3.63, 3.8) is 0 Å². The standard InChI is InChI=1S/C15H9ClFN5O3S/c16-9-5-8(13(23)12(6-9)22(24)25)7-18-21-14(19-20-15(21)26)10-3-1-2-4-11(10)17/h1-7,23H,(H,20,26)/b18-7-. The summed E-state index contributed by atoms with van der Waals surface area (Å²) in [6.07, 6.45) is 1.11. The second-order valence-electron chi connectivity index (χ2n) is 5.01. The van der Waals surface area contributed by atoms with Gasteiger partial charge in [0, 0.05) is 16.7 Å². The van der Waals surface area contributed by atoms with Gasteiger partial charge in [-0.15, -0.1) is 0 Å². The minimum Gasteiger partial charge on any atom is -0.502 e. The quantitative estimate of drug-likeness (QED) is 0.302. The van der Waals surface area contributed by atoms with Crippen molar-refractivity contribution in [1.82, 2.24) is 14.9 Å². The lowest BCUT2D eigenvalue weighted by Crippen LogP contribution is -1.98. The number of benzene rings is 2. The van der Waals surface area contributed by atoms with Gasteiger partial charge in [0.25, 0.3) is 0 Å². The first-order valence-corrected chi connectivity index (χ1v) is 7.80. The summed E-state index contributed by atoms with van der Waals surface area (Å²) in [5, 5.41) is 31.5. The molecule has 0 amide bonds. The maximum Gasteiger partial charge on any atom is 0.312 e. The molecule has 3 rings (SSSR count). The summed E-state index contributed by atoms with van der Waals surface area (Å²) in [5.74, 6) is -1.04. The Morgan fingerprint density at radius 3 is 2.85 bits per heavy atom. The number of H-pyrrole nitrogens is 1. The number of nitrogens with one attached hydrogen (secondary N) is 1. The van der Waals surface area contributed by atoms with Gasteiger partial charge in [-0.3, -0.25) is 10.1 Å². The largest absolute Gasteiger partial charge is 0.502 e. The average Bonchev–Trinajstić information content (AvgIpc) is 2.96. The Hall–Kier alpha value is -3.11. The molecule has 1 heterocycles. The third-order valence-electron chi connectivity index (χ3n) is 3.36. The topological polar surface area (TPSA) is 109 Å². The maximum absolute atomic E-state index is 14.0. The first-order chi connectivity index (χ1) is 12.4. The van der Waals surface area contributed by atoms with Crippen molar-refractivity contribution in [2.24, 2.45) is 5.10 Å². The third kappa shape index (κ3) is 3.32. The predicted molar refractivity (Wildman–Crippen MR) is 95.6 cm³/mol. The number of phenols is 1. The van der Waals surface area contributed by atoms with Gasteiger partial charge in [-0.05, 0) is 30.4 Å². The highest BCUT2D eigenvalue weighted by atomic mass is 35.5. The van der Waals surface area contributed by atoms with E-state index in [1.54, 1.807) is 6.07 Å². The van der Waals surface area contributed by atoms with Crippen LogP contribution in [0.25, 0.3) is 11.4 Å². The molecular weight excluding hydrogens is 385 g/mol. The number of halogens is 2. The molecule has 2 aromatic carbocycles. The van der Waals surface area contributed by atoms with Crippen molar-refractivity contribution in [2.45, 2.75) is 0 Å². The van der Waals surface area contributed by atoms with Crippen molar-refractivity contribution in [2.75, 3.05) is 0 Å².